The second-order valence-electron chi connectivity index (χ2n) is 7.72. The number of carbonyl (C=O) groups excluding carboxylic acids is 2. The van der Waals surface area contributed by atoms with Gasteiger partial charge in [-0.3, -0.25) is 14.2 Å². The number of fused-ring (bicyclic) bond motifs is 1. The van der Waals surface area contributed by atoms with Crippen molar-refractivity contribution in [1.29, 1.82) is 0 Å². The molecule has 0 saturated carbocycles. The lowest BCUT2D eigenvalue weighted by Gasteiger charge is -2.34. The van der Waals surface area contributed by atoms with E-state index in [1.807, 2.05) is 22.7 Å². The first-order chi connectivity index (χ1) is 15.6. The average molecular weight is 437 g/mol. The van der Waals surface area contributed by atoms with Crippen molar-refractivity contribution >= 4 is 23.5 Å². The molecule has 32 heavy (non-hydrogen) atoms. The Hall–Kier alpha value is -3.62. The first kappa shape index (κ1) is 21.6. The predicted octanol–water partition coefficient (Wildman–Crippen LogP) is 2.81. The molecule has 0 atom stereocenters. The zero-order chi connectivity index (χ0) is 22.5. The van der Waals surface area contributed by atoms with Crippen molar-refractivity contribution in [3.05, 3.63) is 48.4 Å². The molecule has 0 unspecified atom stereocenters. The molecule has 4 rings (SSSR count). The summed E-state index contributed by atoms with van der Waals surface area (Å²) in [5, 5.41) is 3.40. The normalized spacial score (nSPS) is 13.9. The molecule has 2 aromatic heterocycles. The predicted molar refractivity (Wildman–Crippen MR) is 121 cm³/mol. The van der Waals surface area contributed by atoms with Crippen LogP contribution in [0.4, 0.5) is 10.6 Å². The van der Waals surface area contributed by atoms with Crippen LogP contribution in [0.15, 0.2) is 42.9 Å². The molecule has 1 aliphatic heterocycles. The molecule has 9 heteroatoms. The van der Waals surface area contributed by atoms with Crippen molar-refractivity contribution in [3.8, 4) is 11.3 Å². The highest BCUT2D eigenvalue weighted by molar-refractivity contribution is 5.79. The fourth-order valence-electron chi connectivity index (χ4n) is 3.79. The number of aryl methyl sites for hydroxylation is 1. The zero-order valence-electron chi connectivity index (χ0n) is 18.5. The third-order valence-electron chi connectivity index (χ3n) is 5.54. The first-order valence-corrected chi connectivity index (χ1v) is 10.9. The molecule has 1 aromatic carbocycles. The third kappa shape index (κ3) is 4.66. The van der Waals surface area contributed by atoms with E-state index in [9.17, 15) is 9.59 Å². The van der Waals surface area contributed by atoms with E-state index in [1.54, 1.807) is 29.1 Å². The van der Waals surface area contributed by atoms with Crippen LogP contribution < -0.4 is 5.32 Å². The molecule has 3 aromatic rings. The second-order valence-corrected chi connectivity index (χ2v) is 7.72. The number of aromatic nitrogens is 3. The van der Waals surface area contributed by atoms with E-state index < -0.39 is 0 Å². The smallest absolute Gasteiger partial charge is 0.409 e. The van der Waals surface area contributed by atoms with E-state index in [4.69, 9.17) is 9.72 Å². The minimum Gasteiger partial charge on any atom is -0.450 e. The van der Waals surface area contributed by atoms with Gasteiger partial charge in [0.15, 0.2) is 5.65 Å². The molecule has 0 bridgehead atoms. The Morgan fingerprint density at radius 3 is 2.53 bits per heavy atom. The van der Waals surface area contributed by atoms with Gasteiger partial charge in [0.05, 0.1) is 12.8 Å². The van der Waals surface area contributed by atoms with Crippen LogP contribution in [0.1, 0.15) is 18.9 Å². The third-order valence-corrected chi connectivity index (χ3v) is 5.54. The maximum Gasteiger partial charge on any atom is 0.409 e. The number of ether oxygens (including phenoxy) is 1. The van der Waals surface area contributed by atoms with Gasteiger partial charge in [0.25, 0.3) is 0 Å². The van der Waals surface area contributed by atoms with Crippen molar-refractivity contribution < 1.29 is 14.3 Å². The Morgan fingerprint density at radius 2 is 1.81 bits per heavy atom. The summed E-state index contributed by atoms with van der Waals surface area (Å²) in [6, 6.07) is 8.20. The van der Waals surface area contributed by atoms with Crippen LogP contribution in [0.3, 0.4) is 0 Å². The van der Waals surface area contributed by atoms with E-state index >= 15 is 0 Å². The molecule has 1 N–H and O–H groups in total. The molecule has 3 heterocycles. The largest absolute Gasteiger partial charge is 0.450 e. The number of piperazine rings is 1. The number of imidazole rings is 1. The molecule has 168 valence electrons. The Balaban J connectivity index is 1.39. The van der Waals surface area contributed by atoms with Crippen molar-refractivity contribution in [2.24, 2.45) is 0 Å². The molecule has 1 saturated heterocycles. The van der Waals surface area contributed by atoms with Gasteiger partial charge in [-0.2, -0.15) is 0 Å². The van der Waals surface area contributed by atoms with Crippen LogP contribution in [-0.4, -0.2) is 75.5 Å². The number of benzene rings is 1. The van der Waals surface area contributed by atoms with Crippen LogP contribution in [0, 0.1) is 6.92 Å². The second kappa shape index (κ2) is 9.67. The fraction of sp³-hybridized carbons (Fsp3) is 0.391. The van der Waals surface area contributed by atoms with Crippen molar-refractivity contribution in [3.63, 3.8) is 0 Å². The van der Waals surface area contributed by atoms with Crippen LogP contribution in [0.5, 0.6) is 0 Å². The minimum atomic E-state index is -0.313. The van der Waals surface area contributed by atoms with Crippen LogP contribution >= 0.6 is 0 Å². The summed E-state index contributed by atoms with van der Waals surface area (Å²) < 4.78 is 6.98. The lowest BCUT2D eigenvalue weighted by atomic mass is 10.1. The highest BCUT2D eigenvalue weighted by Gasteiger charge is 2.24. The molecule has 0 spiro atoms. The minimum absolute atomic E-state index is 0.0633. The van der Waals surface area contributed by atoms with Gasteiger partial charge in [-0.25, -0.2) is 9.78 Å². The molecular weight excluding hydrogens is 408 g/mol. The van der Waals surface area contributed by atoms with E-state index in [0.29, 0.717) is 45.8 Å². The number of carbonyl (C=O) groups is 2. The summed E-state index contributed by atoms with van der Waals surface area (Å²) >= 11 is 0. The number of nitrogens with one attached hydrogen (secondary N) is 1. The first-order valence-electron chi connectivity index (χ1n) is 10.9. The number of anilines is 1. The topological polar surface area (TPSA) is 92.1 Å². The highest BCUT2D eigenvalue weighted by atomic mass is 16.6. The summed E-state index contributed by atoms with van der Waals surface area (Å²) in [6.45, 7) is 6.70. The van der Waals surface area contributed by atoms with Crippen LogP contribution in [0.2, 0.25) is 0 Å². The van der Waals surface area contributed by atoms with E-state index in [0.717, 1.165) is 22.7 Å². The fourth-order valence-corrected chi connectivity index (χ4v) is 3.79. The molecule has 9 nitrogen and oxygen atoms in total. The molecule has 2 amide bonds. The Bertz CT molecular complexity index is 1090. The number of amides is 2. The summed E-state index contributed by atoms with van der Waals surface area (Å²) in [5.74, 6) is 0.902. The van der Waals surface area contributed by atoms with Crippen molar-refractivity contribution in [2.75, 3.05) is 44.6 Å². The van der Waals surface area contributed by atoms with Gasteiger partial charge in [0.2, 0.25) is 5.91 Å². The standard InChI is InChI=1S/C23H28N6O3/c1-3-32-23(31)28-14-12-27(13-15-28)20(30)8-9-25-22-21(18-6-4-17(2)5-7-18)26-19-16-24-10-11-29(19)22/h4-7,10-11,16,25H,3,8-9,12-15H2,1-2H3. The van der Waals surface area contributed by atoms with Gasteiger partial charge in [0.1, 0.15) is 11.5 Å². The summed E-state index contributed by atoms with van der Waals surface area (Å²) in [4.78, 5) is 36.9. The maximum atomic E-state index is 12.7. The van der Waals surface area contributed by atoms with Gasteiger partial charge < -0.3 is 19.9 Å². The monoisotopic (exact) mass is 436 g/mol. The molecule has 1 aliphatic rings. The zero-order valence-corrected chi connectivity index (χ0v) is 18.5. The van der Waals surface area contributed by atoms with Crippen molar-refractivity contribution in [2.45, 2.75) is 20.3 Å². The number of hydrogen-bond acceptors (Lipinski definition) is 6. The van der Waals surface area contributed by atoms with Gasteiger partial charge in [-0.1, -0.05) is 29.8 Å². The SMILES string of the molecule is CCOC(=O)N1CCN(C(=O)CCNc2c(-c3ccc(C)cc3)nc3cnccn23)CC1. The van der Waals surface area contributed by atoms with Crippen molar-refractivity contribution in [1.82, 2.24) is 24.2 Å². The molecule has 0 aliphatic carbocycles. The van der Waals surface area contributed by atoms with E-state index in [2.05, 4.69) is 29.4 Å². The van der Waals surface area contributed by atoms with Gasteiger partial charge in [-0.15, -0.1) is 0 Å². The van der Waals surface area contributed by atoms with E-state index in [-0.39, 0.29) is 12.0 Å². The Labute approximate surface area is 187 Å². The summed E-state index contributed by atoms with van der Waals surface area (Å²) in [6.07, 6.45) is 5.33. The van der Waals surface area contributed by atoms with Gasteiger partial charge in [-0.05, 0) is 13.8 Å². The number of hydrogen-bond donors (Lipinski definition) is 1. The Morgan fingerprint density at radius 1 is 1.09 bits per heavy atom. The quantitative estimate of drug-likeness (QED) is 0.639. The molecule has 1 fully saturated rings. The lowest BCUT2D eigenvalue weighted by molar-refractivity contribution is -0.132. The molecule has 0 radical (unpaired) electrons. The average Bonchev–Trinajstić information content (AvgIpc) is 3.18. The van der Waals surface area contributed by atoms with E-state index in [1.165, 1.54) is 5.56 Å². The van der Waals surface area contributed by atoms with Gasteiger partial charge >= 0.3 is 6.09 Å². The maximum absolute atomic E-state index is 12.7. The molecular formula is C23H28N6O3. The summed E-state index contributed by atoms with van der Waals surface area (Å²) in [5.41, 5.74) is 3.76. The Kier molecular flexibility index (Phi) is 6.53. The highest BCUT2D eigenvalue weighted by Crippen LogP contribution is 2.28. The van der Waals surface area contributed by atoms with Crippen LogP contribution in [-0.2, 0) is 9.53 Å². The van der Waals surface area contributed by atoms with Crippen LogP contribution in [0.25, 0.3) is 16.9 Å². The van der Waals surface area contributed by atoms with Gasteiger partial charge in [0, 0.05) is 57.1 Å². The number of rotatable bonds is 6. The summed E-state index contributed by atoms with van der Waals surface area (Å²) in [7, 11) is 0. The number of nitrogens with zero attached hydrogens (tertiary/aromatic N) is 5. The lowest BCUT2D eigenvalue weighted by Crippen LogP contribution is -2.50.